The maximum Gasteiger partial charge on any atom is 0.416 e. The Hall–Kier alpha value is -2.25. The van der Waals surface area contributed by atoms with E-state index in [-0.39, 0.29) is 24.4 Å². The van der Waals surface area contributed by atoms with Crippen LogP contribution < -0.4 is 10.2 Å². The number of hydrogen-bond donors (Lipinski definition) is 1. The van der Waals surface area contributed by atoms with E-state index in [9.17, 15) is 22.8 Å². The first-order valence-electron chi connectivity index (χ1n) is 7.66. The van der Waals surface area contributed by atoms with Crippen molar-refractivity contribution in [1.82, 2.24) is 10.2 Å². The van der Waals surface area contributed by atoms with Crippen LogP contribution in [0.2, 0.25) is 0 Å². The van der Waals surface area contributed by atoms with E-state index >= 15 is 0 Å². The molecule has 0 saturated carbocycles. The Balaban J connectivity index is 1.96. The van der Waals surface area contributed by atoms with Gasteiger partial charge in [0.05, 0.1) is 5.56 Å². The second kappa shape index (κ2) is 7.11. The number of benzene rings is 1. The maximum atomic E-state index is 13.0. The minimum atomic E-state index is -4.43. The predicted octanol–water partition coefficient (Wildman–Crippen LogP) is 2.65. The number of nitrogens with zero attached hydrogens (tertiary/aromatic N) is 2. The van der Waals surface area contributed by atoms with Crippen LogP contribution in [0, 0.1) is 0 Å². The molecule has 0 radical (unpaired) electrons. The van der Waals surface area contributed by atoms with Gasteiger partial charge < -0.3 is 10.2 Å². The molecule has 1 aliphatic rings. The molecule has 0 bridgehead atoms. The first-order chi connectivity index (χ1) is 11.2. The smallest absolute Gasteiger partial charge is 0.349 e. The first-order valence-corrected chi connectivity index (χ1v) is 7.66. The second-order valence-corrected chi connectivity index (χ2v) is 5.83. The van der Waals surface area contributed by atoms with Gasteiger partial charge in [-0.05, 0) is 30.5 Å². The Morgan fingerprint density at radius 2 is 2.00 bits per heavy atom. The molecular weight excluding hydrogens is 323 g/mol. The van der Waals surface area contributed by atoms with E-state index in [4.69, 9.17) is 0 Å². The van der Waals surface area contributed by atoms with Gasteiger partial charge in [-0.1, -0.05) is 6.07 Å². The molecule has 24 heavy (non-hydrogen) atoms. The summed E-state index contributed by atoms with van der Waals surface area (Å²) in [5.41, 5.74) is -0.235. The number of hydrogen-bond acceptors (Lipinski definition) is 2. The molecule has 5 nitrogen and oxygen atoms in total. The zero-order valence-electron chi connectivity index (χ0n) is 13.6. The predicted molar refractivity (Wildman–Crippen MR) is 83.8 cm³/mol. The third-order valence-corrected chi connectivity index (χ3v) is 3.92. The second-order valence-electron chi connectivity index (χ2n) is 5.83. The molecule has 0 aliphatic carbocycles. The number of halogens is 3. The van der Waals surface area contributed by atoms with E-state index in [2.05, 4.69) is 5.32 Å². The highest BCUT2D eigenvalue weighted by Crippen LogP contribution is 2.39. The van der Waals surface area contributed by atoms with Crippen molar-refractivity contribution >= 4 is 17.6 Å². The summed E-state index contributed by atoms with van der Waals surface area (Å²) in [5.74, 6) is -0.0365. The SMILES string of the molecule is CN(C)C(=O)CCCNC(=O)N1CCc2c1cccc2C(F)(F)F. The van der Waals surface area contributed by atoms with Gasteiger partial charge in [0.2, 0.25) is 5.91 Å². The molecule has 0 fully saturated rings. The quantitative estimate of drug-likeness (QED) is 0.855. The van der Waals surface area contributed by atoms with E-state index in [1.165, 1.54) is 21.9 Å². The van der Waals surface area contributed by atoms with Crippen LogP contribution in [0.5, 0.6) is 0 Å². The molecule has 1 aliphatic heterocycles. The Labute approximate surface area is 138 Å². The lowest BCUT2D eigenvalue weighted by Crippen LogP contribution is -2.39. The molecule has 1 aromatic carbocycles. The summed E-state index contributed by atoms with van der Waals surface area (Å²) in [6.45, 7) is 0.508. The summed E-state index contributed by atoms with van der Waals surface area (Å²) in [5, 5.41) is 2.65. The molecule has 0 unspecified atom stereocenters. The van der Waals surface area contributed by atoms with E-state index in [0.717, 1.165) is 6.07 Å². The van der Waals surface area contributed by atoms with Crippen molar-refractivity contribution in [2.24, 2.45) is 0 Å². The molecule has 3 amide bonds. The molecule has 0 spiro atoms. The van der Waals surface area contributed by atoms with Crippen molar-refractivity contribution in [2.45, 2.75) is 25.4 Å². The number of carbonyl (C=O) groups is 2. The molecule has 2 rings (SSSR count). The maximum absolute atomic E-state index is 13.0. The molecule has 1 N–H and O–H groups in total. The van der Waals surface area contributed by atoms with Gasteiger partial charge in [-0.25, -0.2) is 4.79 Å². The monoisotopic (exact) mass is 343 g/mol. The summed E-state index contributed by atoms with van der Waals surface area (Å²) in [4.78, 5) is 26.4. The summed E-state index contributed by atoms with van der Waals surface area (Å²) in [6, 6.07) is 3.42. The van der Waals surface area contributed by atoms with Crippen molar-refractivity contribution in [3.05, 3.63) is 29.3 Å². The van der Waals surface area contributed by atoms with E-state index in [1.54, 1.807) is 14.1 Å². The fourth-order valence-electron chi connectivity index (χ4n) is 2.66. The van der Waals surface area contributed by atoms with Crippen LogP contribution in [0.4, 0.5) is 23.7 Å². The zero-order chi connectivity index (χ0) is 17.9. The lowest BCUT2D eigenvalue weighted by Gasteiger charge is -2.19. The average Bonchev–Trinajstić information content (AvgIpc) is 2.93. The third kappa shape index (κ3) is 3.98. The summed E-state index contributed by atoms with van der Waals surface area (Å²) in [6.07, 6.45) is -3.46. The minimum Gasteiger partial charge on any atom is -0.349 e. The van der Waals surface area contributed by atoms with Crippen LogP contribution >= 0.6 is 0 Å². The van der Waals surface area contributed by atoms with E-state index in [0.29, 0.717) is 25.1 Å². The Bertz CT molecular complexity index is 629. The number of rotatable bonds is 4. The first kappa shape index (κ1) is 18.1. The molecule has 1 aromatic rings. The lowest BCUT2D eigenvalue weighted by atomic mass is 10.0. The molecule has 132 valence electrons. The third-order valence-electron chi connectivity index (χ3n) is 3.92. The van der Waals surface area contributed by atoms with Crippen LogP contribution in [0.25, 0.3) is 0 Å². The molecule has 1 heterocycles. The number of fused-ring (bicyclic) bond motifs is 1. The summed E-state index contributed by atoms with van der Waals surface area (Å²) < 4.78 is 39.0. The van der Waals surface area contributed by atoms with Crippen LogP contribution in [0.15, 0.2) is 18.2 Å². The van der Waals surface area contributed by atoms with Gasteiger partial charge >= 0.3 is 12.2 Å². The fraction of sp³-hybridized carbons (Fsp3) is 0.500. The zero-order valence-corrected chi connectivity index (χ0v) is 13.6. The number of urea groups is 1. The highest BCUT2D eigenvalue weighted by molar-refractivity contribution is 5.94. The van der Waals surface area contributed by atoms with Crippen LogP contribution in [-0.4, -0.2) is 44.0 Å². The van der Waals surface area contributed by atoms with Crippen molar-refractivity contribution in [3.8, 4) is 0 Å². The van der Waals surface area contributed by atoms with Gasteiger partial charge in [0.1, 0.15) is 0 Å². The van der Waals surface area contributed by atoms with Crippen molar-refractivity contribution in [1.29, 1.82) is 0 Å². The van der Waals surface area contributed by atoms with Crippen LogP contribution in [0.1, 0.15) is 24.0 Å². The molecular formula is C16H20F3N3O2. The van der Waals surface area contributed by atoms with Crippen molar-refractivity contribution < 1.29 is 22.8 Å². The number of anilines is 1. The highest BCUT2D eigenvalue weighted by Gasteiger charge is 2.37. The normalized spacial score (nSPS) is 13.6. The Kier molecular flexibility index (Phi) is 5.36. The Morgan fingerprint density at radius 1 is 1.29 bits per heavy atom. The minimum absolute atomic E-state index is 0.0365. The molecule has 8 heteroatoms. The van der Waals surface area contributed by atoms with E-state index < -0.39 is 17.8 Å². The van der Waals surface area contributed by atoms with Crippen LogP contribution in [-0.2, 0) is 17.4 Å². The fourth-order valence-corrected chi connectivity index (χ4v) is 2.66. The van der Waals surface area contributed by atoms with Crippen molar-refractivity contribution in [3.63, 3.8) is 0 Å². The van der Waals surface area contributed by atoms with Gasteiger partial charge in [-0.15, -0.1) is 0 Å². The molecule has 0 atom stereocenters. The van der Waals surface area contributed by atoms with Crippen molar-refractivity contribution in [2.75, 3.05) is 32.1 Å². The Morgan fingerprint density at radius 3 is 2.62 bits per heavy atom. The number of alkyl halides is 3. The standard InChI is InChI=1S/C16H20F3N3O2/c1-21(2)14(23)7-4-9-20-15(24)22-10-8-11-12(16(17,18)19)5-3-6-13(11)22/h3,5-6H,4,7-10H2,1-2H3,(H,20,24). The molecule has 0 saturated heterocycles. The van der Waals surface area contributed by atoms with Gasteiger partial charge in [0.25, 0.3) is 0 Å². The number of amides is 3. The van der Waals surface area contributed by atoms with Gasteiger partial charge in [-0.3, -0.25) is 9.69 Å². The van der Waals surface area contributed by atoms with Gasteiger partial charge in [0.15, 0.2) is 0 Å². The van der Waals surface area contributed by atoms with Gasteiger partial charge in [0, 0.05) is 39.3 Å². The number of carbonyl (C=O) groups excluding carboxylic acids is 2. The lowest BCUT2D eigenvalue weighted by molar-refractivity contribution is -0.138. The van der Waals surface area contributed by atoms with Crippen LogP contribution in [0.3, 0.4) is 0 Å². The number of nitrogens with one attached hydrogen (secondary N) is 1. The van der Waals surface area contributed by atoms with E-state index in [1.807, 2.05) is 0 Å². The highest BCUT2D eigenvalue weighted by atomic mass is 19.4. The van der Waals surface area contributed by atoms with Gasteiger partial charge in [-0.2, -0.15) is 13.2 Å². The topological polar surface area (TPSA) is 52.7 Å². The largest absolute Gasteiger partial charge is 0.416 e. The molecule has 0 aromatic heterocycles. The summed E-state index contributed by atoms with van der Waals surface area (Å²) in [7, 11) is 3.31. The average molecular weight is 343 g/mol. The summed E-state index contributed by atoms with van der Waals surface area (Å²) >= 11 is 0.